The van der Waals surface area contributed by atoms with Gasteiger partial charge in [0.05, 0.1) is 18.5 Å². The third-order valence-corrected chi connectivity index (χ3v) is 1.88. The van der Waals surface area contributed by atoms with Gasteiger partial charge in [0.1, 0.15) is 5.82 Å². The first kappa shape index (κ1) is 12.0. The summed E-state index contributed by atoms with van der Waals surface area (Å²) in [6.45, 7) is 0. The SMILES string of the molecule is COC(=O)Cc1cc([N+](=O)[O-])c(F)cc1F. The normalized spacial score (nSPS) is 9.94. The van der Waals surface area contributed by atoms with Crippen LogP contribution in [0.4, 0.5) is 14.5 Å². The largest absolute Gasteiger partial charge is 0.469 e. The van der Waals surface area contributed by atoms with Crippen LogP contribution in [-0.4, -0.2) is 18.0 Å². The minimum Gasteiger partial charge on any atom is -0.469 e. The lowest BCUT2D eigenvalue weighted by molar-refractivity contribution is -0.387. The van der Waals surface area contributed by atoms with E-state index in [1.165, 1.54) is 0 Å². The molecule has 86 valence electrons. The van der Waals surface area contributed by atoms with Crippen LogP contribution in [0.1, 0.15) is 5.56 Å². The van der Waals surface area contributed by atoms with E-state index in [0.29, 0.717) is 12.1 Å². The van der Waals surface area contributed by atoms with Gasteiger partial charge in [-0.1, -0.05) is 0 Å². The summed E-state index contributed by atoms with van der Waals surface area (Å²) in [5.41, 5.74) is -1.15. The molecule has 0 N–H and O–H groups in total. The van der Waals surface area contributed by atoms with E-state index in [0.717, 1.165) is 7.11 Å². The molecule has 1 aromatic carbocycles. The lowest BCUT2D eigenvalue weighted by atomic mass is 10.1. The number of rotatable bonds is 3. The van der Waals surface area contributed by atoms with Gasteiger partial charge in [-0.25, -0.2) is 4.39 Å². The van der Waals surface area contributed by atoms with Gasteiger partial charge in [0.15, 0.2) is 0 Å². The zero-order valence-corrected chi connectivity index (χ0v) is 8.20. The molecule has 0 atom stereocenters. The fraction of sp³-hybridized carbons (Fsp3) is 0.222. The Balaban J connectivity index is 3.14. The minimum absolute atomic E-state index is 0.278. The van der Waals surface area contributed by atoms with Gasteiger partial charge in [0.25, 0.3) is 0 Å². The Kier molecular flexibility index (Phi) is 3.49. The third kappa shape index (κ3) is 2.50. The Morgan fingerprint density at radius 3 is 2.56 bits per heavy atom. The van der Waals surface area contributed by atoms with Gasteiger partial charge in [-0.15, -0.1) is 0 Å². The fourth-order valence-electron chi connectivity index (χ4n) is 1.08. The summed E-state index contributed by atoms with van der Waals surface area (Å²) >= 11 is 0. The maximum Gasteiger partial charge on any atom is 0.310 e. The highest BCUT2D eigenvalue weighted by molar-refractivity contribution is 5.72. The number of nitro groups is 1. The van der Waals surface area contributed by atoms with E-state index in [1.807, 2.05) is 0 Å². The van der Waals surface area contributed by atoms with Crippen molar-refractivity contribution < 1.29 is 23.2 Å². The standard InChI is InChI=1S/C9H7F2NO4/c1-16-9(13)3-5-2-8(12(14)15)7(11)4-6(5)10/h2,4H,3H2,1H3. The van der Waals surface area contributed by atoms with Crippen LogP contribution in [0.2, 0.25) is 0 Å². The van der Waals surface area contributed by atoms with Gasteiger partial charge in [-0.05, 0) is 0 Å². The molecule has 0 fully saturated rings. The van der Waals surface area contributed by atoms with Crippen LogP contribution in [0, 0.1) is 21.7 Å². The second kappa shape index (κ2) is 4.65. The molecule has 1 rings (SSSR count). The number of nitrogens with zero attached hydrogens (tertiary/aromatic N) is 1. The van der Waals surface area contributed by atoms with Gasteiger partial charge in [0.2, 0.25) is 5.82 Å². The summed E-state index contributed by atoms with van der Waals surface area (Å²) in [6.07, 6.45) is -0.483. The first-order valence-electron chi connectivity index (χ1n) is 4.15. The van der Waals surface area contributed by atoms with E-state index in [2.05, 4.69) is 4.74 Å². The number of esters is 1. The molecule has 16 heavy (non-hydrogen) atoms. The number of methoxy groups -OCH3 is 1. The minimum atomic E-state index is -1.28. The van der Waals surface area contributed by atoms with E-state index < -0.39 is 34.6 Å². The molecule has 0 amide bonds. The van der Waals surface area contributed by atoms with Crippen molar-refractivity contribution in [2.75, 3.05) is 7.11 Å². The van der Waals surface area contributed by atoms with Crippen LogP contribution >= 0.6 is 0 Å². The van der Waals surface area contributed by atoms with Gasteiger partial charge in [-0.2, -0.15) is 4.39 Å². The predicted molar refractivity (Wildman–Crippen MR) is 48.7 cm³/mol. The number of halogens is 2. The Labute approximate surface area is 88.8 Å². The second-order valence-corrected chi connectivity index (χ2v) is 2.91. The van der Waals surface area contributed by atoms with Crippen LogP contribution < -0.4 is 0 Å². The van der Waals surface area contributed by atoms with E-state index >= 15 is 0 Å². The molecule has 0 saturated carbocycles. The van der Waals surface area contributed by atoms with Crippen LogP contribution in [0.15, 0.2) is 12.1 Å². The highest BCUT2D eigenvalue weighted by atomic mass is 19.1. The number of hydrogen-bond acceptors (Lipinski definition) is 4. The summed E-state index contributed by atoms with van der Waals surface area (Å²) in [6, 6.07) is 1.05. The maximum atomic E-state index is 13.1. The summed E-state index contributed by atoms with van der Waals surface area (Å²) in [5.74, 6) is -3.07. The molecule has 1 aromatic rings. The Bertz CT molecular complexity index is 447. The molecule has 5 nitrogen and oxygen atoms in total. The van der Waals surface area contributed by atoms with Crippen LogP contribution in [-0.2, 0) is 16.0 Å². The monoisotopic (exact) mass is 231 g/mol. The molecule has 0 unspecified atom stereocenters. The van der Waals surface area contributed by atoms with Crippen molar-refractivity contribution in [2.24, 2.45) is 0 Å². The lowest BCUT2D eigenvalue weighted by Gasteiger charge is -2.02. The number of carbonyl (C=O) groups is 1. The van der Waals surface area contributed by atoms with E-state index in [1.54, 1.807) is 0 Å². The maximum absolute atomic E-state index is 13.1. The van der Waals surface area contributed by atoms with Gasteiger partial charge < -0.3 is 4.74 Å². The number of ether oxygens (including phenoxy) is 1. The molecule has 7 heteroatoms. The molecular weight excluding hydrogens is 224 g/mol. The number of benzene rings is 1. The zero-order chi connectivity index (χ0) is 12.3. The highest BCUT2D eigenvalue weighted by Crippen LogP contribution is 2.21. The number of nitro benzene ring substituents is 1. The summed E-state index contributed by atoms with van der Waals surface area (Å²) < 4.78 is 30.3. The molecule has 0 aliphatic rings. The Hall–Kier alpha value is -2.05. The second-order valence-electron chi connectivity index (χ2n) is 2.91. The molecule has 0 heterocycles. The topological polar surface area (TPSA) is 69.4 Å². The molecule has 0 aliphatic carbocycles. The van der Waals surface area contributed by atoms with Crippen molar-refractivity contribution in [1.82, 2.24) is 0 Å². The van der Waals surface area contributed by atoms with E-state index in [-0.39, 0.29) is 5.56 Å². The van der Waals surface area contributed by atoms with E-state index in [9.17, 15) is 23.7 Å². The highest BCUT2D eigenvalue weighted by Gasteiger charge is 2.19. The van der Waals surface area contributed by atoms with Crippen molar-refractivity contribution in [3.63, 3.8) is 0 Å². The third-order valence-electron chi connectivity index (χ3n) is 1.88. The van der Waals surface area contributed by atoms with Crippen molar-refractivity contribution in [3.8, 4) is 0 Å². The van der Waals surface area contributed by atoms with E-state index in [4.69, 9.17) is 0 Å². The average Bonchev–Trinajstić information content (AvgIpc) is 2.21. The molecule has 0 aliphatic heterocycles. The Morgan fingerprint density at radius 1 is 1.44 bits per heavy atom. The zero-order valence-electron chi connectivity index (χ0n) is 8.20. The summed E-state index contributed by atoms with van der Waals surface area (Å²) in [5, 5.41) is 10.4. The summed E-state index contributed by atoms with van der Waals surface area (Å²) in [4.78, 5) is 20.2. The number of hydrogen-bond donors (Lipinski definition) is 0. The Morgan fingerprint density at radius 2 is 2.06 bits per heavy atom. The first-order valence-corrected chi connectivity index (χ1v) is 4.15. The van der Waals surface area contributed by atoms with Gasteiger partial charge in [0, 0.05) is 17.7 Å². The van der Waals surface area contributed by atoms with Crippen molar-refractivity contribution in [3.05, 3.63) is 39.4 Å². The van der Waals surface area contributed by atoms with Crippen molar-refractivity contribution in [1.29, 1.82) is 0 Å². The quantitative estimate of drug-likeness (QED) is 0.450. The van der Waals surface area contributed by atoms with Gasteiger partial charge >= 0.3 is 11.7 Å². The molecule has 0 spiro atoms. The molecular formula is C9H7F2NO4. The van der Waals surface area contributed by atoms with Crippen LogP contribution in [0.3, 0.4) is 0 Å². The summed E-state index contributed by atoms with van der Waals surface area (Å²) in [7, 11) is 1.10. The fourth-order valence-corrected chi connectivity index (χ4v) is 1.08. The lowest BCUT2D eigenvalue weighted by Crippen LogP contribution is -2.07. The van der Waals surface area contributed by atoms with Crippen molar-refractivity contribution in [2.45, 2.75) is 6.42 Å². The van der Waals surface area contributed by atoms with Gasteiger partial charge in [-0.3, -0.25) is 14.9 Å². The predicted octanol–water partition coefficient (Wildman–Crippen LogP) is 1.59. The van der Waals surface area contributed by atoms with Crippen LogP contribution in [0.25, 0.3) is 0 Å². The average molecular weight is 231 g/mol. The molecule has 0 saturated heterocycles. The van der Waals surface area contributed by atoms with Crippen molar-refractivity contribution >= 4 is 11.7 Å². The molecule has 0 radical (unpaired) electrons. The number of carbonyl (C=O) groups excluding carboxylic acids is 1. The first-order chi connectivity index (χ1) is 7.45. The van der Waals surface area contributed by atoms with Crippen LogP contribution in [0.5, 0.6) is 0 Å². The molecule has 0 aromatic heterocycles. The smallest absolute Gasteiger partial charge is 0.310 e. The molecule has 0 bridgehead atoms.